The van der Waals surface area contributed by atoms with Crippen molar-refractivity contribution in [3.63, 3.8) is 0 Å². The van der Waals surface area contributed by atoms with Gasteiger partial charge >= 0.3 is 0 Å². The minimum absolute atomic E-state index is 0.0320. The predicted octanol–water partition coefficient (Wildman–Crippen LogP) is 0.483. The summed E-state index contributed by atoms with van der Waals surface area (Å²) in [6.45, 7) is 7.97. The Balaban J connectivity index is 1.52. The molecule has 6 heteroatoms. The molecule has 2 aliphatic rings. The van der Waals surface area contributed by atoms with E-state index in [9.17, 15) is 9.59 Å². The summed E-state index contributed by atoms with van der Waals surface area (Å²) in [4.78, 5) is 26.4. The van der Waals surface area contributed by atoms with Gasteiger partial charge in [0.1, 0.15) is 0 Å². The molecule has 0 aromatic heterocycles. The van der Waals surface area contributed by atoms with Crippen LogP contribution in [0.4, 0.5) is 0 Å². The van der Waals surface area contributed by atoms with Crippen molar-refractivity contribution in [2.75, 3.05) is 39.3 Å². The van der Waals surface area contributed by atoms with Crippen LogP contribution in [-0.4, -0.2) is 62.0 Å². The smallest absolute Gasteiger partial charge is 0.223 e. The van der Waals surface area contributed by atoms with E-state index in [-0.39, 0.29) is 23.8 Å². The van der Waals surface area contributed by atoms with Crippen LogP contribution in [0.3, 0.4) is 0 Å². The number of piperazine rings is 1. The third-order valence-corrected chi connectivity index (χ3v) is 4.79. The number of nitrogens with one attached hydrogen (secondary N) is 3. The molecule has 3 N–H and O–H groups in total. The van der Waals surface area contributed by atoms with Crippen LogP contribution in [0.25, 0.3) is 0 Å². The zero-order valence-corrected chi connectivity index (χ0v) is 14.4. The maximum Gasteiger partial charge on any atom is 0.223 e. The number of amides is 2. The van der Waals surface area contributed by atoms with Crippen LogP contribution in [0.5, 0.6) is 0 Å². The second kappa shape index (κ2) is 9.88. The highest BCUT2D eigenvalue weighted by atomic mass is 16.2. The highest BCUT2D eigenvalue weighted by Gasteiger charge is 2.24. The molecular weight excluding hydrogens is 292 g/mol. The molecule has 1 unspecified atom stereocenters. The number of carbonyl (C=O) groups is 2. The van der Waals surface area contributed by atoms with Crippen LogP contribution in [0.15, 0.2) is 0 Å². The molecular formula is C17H32N4O2. The molecule has 1 saturated heterocycles. The number of hydrogen-bond acceptors (Lipinski definition) is 4. The number of rotatable bonds is 8. The molecule has 2 fully saturated rings. The second-order valence-corrected chi connectivity index (χ2v) is 6.89. The maximum absolute atomic E-state index is 12.0. The lowest BCUT2D eigenvalue weighted by molar-refractivity contribution is -0.126. The van der Waals surface area contributed by atoms with Gasteiger partial charge in [-0.3, -0.25) is 9.59 Å². The molecule has 2 rings (SSSR count). The van der Waals surface area contributed by atoms with Crippen LogP contribution >= 0.6 is 0 Å². The molecule has 6 nitrogen and oxygen atoms in total. The fourth-order valence-corrected chi connectivity index (χ4v) is 3.42. The molecule has 0 bridgehead atoms. The third kappa shape index (κ3) is 6.87. The first-order valence-corrected chi connectivity index (χ1v) is 9.15. The van der Waals surface area contributed by atoms with E-state index in [2.05, 4.69) is 20.9 Å². The van der Waals surface area contributed by atoms with Crippen LogP contribution in [0.2, 0.25) is 0 Å². The first kappa shape index (κ1) is 18.2. The van der Waals surface area contributed by atoms with Crippen molar-refractivity contribution in [1.82, 2.24) is 20.9 Å². The van der Waals surface area contributed by atoms with Crippen molar-refractivity contribution in [2.24, 2.45) is 5.92 Å². The average Bonchev–Trinajstić information content (AvgIpc) is 3.07. The molecule has 1 heterocycles. The molecule has 23 heavy (non-hydrogen) atoms. The Morgan fingerprint density at radius 3 is 2.61 bits per heavy atom. The van der Waals surface area contributed by atoms with Gasteiger partial charge in [0, 0.05) is 51.1 Å². The zero-order valence-electron chi connectivity index (χ0n) is 14.4. The van der Waals surface area contributed by atoms with Crippen molar-refractivity contribution in [1.29, 1.82) is 0 Å². The van der Waals surface area contributed by atoms with Gasteiger partial charge < -0.3 is 20.9 Å². The first-order valence-electron chi connectivity index (χ1n) is 9.15. The number of hydrogen-bond donors (Lipinski definition) is 3. The van der Waals surface area contributed by atoms with Gasteiger partial charge in [-0.05, 0) is 32.7 Å². The quantitative estimate of drug-likeness (QED) is 0.568. The Morgan fingerprint density at radius 1 is 1.22 bits per heavy atom. The van der Waals surface area contributed by atoms with E-state index in [1.54, 1.807) is 0 Å². The molecule has 0 aromatic rings. The summed E-state index contributed by atoms with van der Waals surface area (Å²) in [5.41, 5.74) is 0. The molecule has 1 aliphatic carbocycles. The van der Waals surface area contributed by atoms with Gasteiger partial charge in [0.2, 0.25) is 11.8 Å². The largest absolute Gasteiger partial charge is 0.356 e. The Labute approximate surface area is 139 Å². The molecule has 0 spiro atoms. The van der Waals surface area contributed by atoms with Crippen molar-refractivity contribution in [3.8, 4) is 0 Å². The van der Waals surface area contributed by atoms with Crippen LogP contribution in [0, 0.1) is 5.92 Å². The Kier molecular flexibility index (Phi) is 7.82. The van der Waals surface area contributed by atoms with Gasteiger partial charge in [-0.1, -0.05) is 12.8 Å². The van der Waals surface area contributed by atoms with E-state index in [1.165, 1.54) is 0 Å². The van der Waals surface area contributed by atoms with Gasteiger partial charge in [0.05, 0.1) is 0 Å². The Bertz CT molecular complexity index is 377. The van der Waals surface area contributed by atoms with Crippen LogP contribution in [-0.2, 0) is 9.59 Å². The highest BCUT2D eigenvalue weighted by molar-refractivity contribution is 5.81. The van der Waals surface area contributed by atoms with E-state index >= 15 is 0 Å². The van der Waals surface area contributed by atoms with Gasteiger partial charge in [0.15, 0.2) is 0 Å². The minimum atomic E-state index is -0.0868. The fourth-order valence-electron chi connectivity index (χ4n) is 3.42. The summed E-state index contributed by atoms with van der Waals surface area (Å²) in [5.74, 6) is 0.325. The van der Waals surface area contributed by atoms with E-state index in [4.69, 9.17) is 0 Å². The molecule has 132 valence electrons. The SMILES string of the molecule is CC(CC(=O)NCCCN1CCNCC1)NC(=O)C1CCCC1. The number of nitrogens with zero attached hydrogens (tertiary/aromatic N) is 1. The summed E-state index contributed by atoms with van der Waals surface area (Å²) in [5, 5.41) is 9.28. The monoisotopic (exact) mass is 324 g/mol. The molecule has 1 aliphatic heterocycles. The summed E-state index contributed by atoms with van der Waals surface area (Å²) < 4.78 is 0. The van der Waals surface area contributed by atoms with Crippen molar-refractivity contribution in [2.45, 2.75) is 51.5 Å². The van der Waals surface area contributed by atoms with Crippen molar-refractivity contribution in [3.05, 3.63) is 0 Å². The predicted molar refractivity (Wildman–Crippen MR) is 91.1 cm³/mol. The molecule has 1 atom stereocenters. The molecule has 1 saturated carbocycles. The summed E-state index contributed by atoms with van der Waals surface area (Å²) in [6, 6.07) is -0.0868. The molecule has 0 radical (unpaired) electrons. The molecule has 0 aromatic carbocycles. The lowest BCUT2D eigenvalue weighted by Gasteiger charge is -2.27. The lowest BCUT2D eigenvalue weighted by atomic mass is 10.1. The number of carbonyl (C=O) groups excluding carboxylic acids is 2. The van der Waals surface area contributed by atoms with Gasteiger partial charge in [0.25, 0.3) is 0 Å². The van der Waals surface area contributed by atoms with Gasteiger partial charge in [-0.15, -0.1) is 0 Å². The van der Waals surface area contributed by atoms with Crippen molar-refractivity contribution >= 4 is 11.8 Å². The van der Waals surface area contributed by atoms with E-state index in [0.717, 1.165) is 64.8 Å². The van der Waals surface area contributed by atoms with Gasteiger partial charge in [-0.25, -0.2) is 0 Å². The van der Waals surface area contributed by atoms with E-state index < -0.39 is 0 Å². The van der Waals surface area contributed by atoms with E-state index in [1.807, 2.05) is 6.92 Å². The van der Waals surface area contributed by atoms with Crippen molar-refractivity contribution < 1.29 is 9.59 Å². The molecule has 2 amide bonds. The topological polar surface area (TPSA) is 73.5 Å². The standard InChI is InChI=1S/C17H32N4O2/c1-14(20-17(23)15-5-2-3-6-15)13-16(22)19-7-4-10-21-11-8-18-9-12-21/h14-15,18H,2-13H2,1H3,(H,19,22)(H,20,23). The highest BCUT2D eigenvalue weighted by Crippen LogP contribution is 2.24. The minimum Gasteiger partial charge on any atom is -0.356 e. The lowest BCUT2D eigenvalue weighted by Crippen LogP contribution is -2.44. The summed E-state index contributed by atoms with van der Waals surface area (Å²) in [7, 11) is 0. The average molecular weight is 324 g/mol. The Morgan fingerprint density at radius 2 is 1.91 bits per heavy atom. The fraction of sp³-hybridized carbons (Fsp3) is 0.882. The van der Waals surface area contributed by atoms with Crippen LogP contribution in [0.1, 0.15) is 45.4 Å². The normalized spacial score (nSPS) is 21.1. The van der Waals surface area contributed by atoms with E-state index in [0.29, 0.717) is 13.0 Å². The third-order valence-electron chi connectivity index (χ3n) is 4.79. The zero-order chi connectivity index (χ0) is 16.5. The van der Waals surface area contributed by atoms with Crippen LogP contribution < -0.4 is 16.0 Å². The summed E-state index contributed by atoms with van der Waals surface area (Å²) in [6.07, 6.45) is 5.65. The van der Waals surface area contributed by atoms with Gasteiger partial charge in [-0.2, -0.15) is 0 Å². The first-order chi connectivity index (χ1) is 11.1. The second-order valence-electron chi connectivity index (χ2n) is 6.89. The Hall–Kier alpha value is -1.14. The summed E-state index contributed by atoms with van der Waals surface area (Å²) >= 11 is 0. The maximum atomic E-state index is 12.0.